The molecule has 0 unspecified atom stereocenters. The highest BCUT2D eigenvalue weighted by Gasteiger charge is 2.68. The van der Waals surface area contributed by atoms with Crippen LogP contribution in [0.1, 0.15) is 119 Å². The van der Waals surface area contributed by atoms with E-state index in [0.717, 1.165) is 25.7 Å². The molecule has 4 rings (SSSR count). The fourth-order valence-corrected chi connectivity index (χ4v) is 7.49. The molecule has 12 heteroatoms. The van der Waals surface area contributed by atoms with E-state index in [0.29, 0.717) is 37.0 Å². The molecule has 4 aliphatic rings. The van der Waals surface area contributed by atoms with E-state index in [1.807, 2.05) is 11.5 Å². The molecule has 6 atom stereocenters. The van der Waals surface area contributed by atoms with Crippen LogP contribution in [0.15, 0.2) is 17.1 Å². The molecule has 248 valence electrons. The second-order valence-electron chi connectivity index (χ2n) is 14.3. The number of guanidine groups is 1. The Bertz CT molecular complexity index is 1050. The van der Waals surface area contributed by atoms with Gasteiger partial charge in [0.25, 0.3) is 5.96 Å². The van der Waals surface area contributed by atoms with Crippen molar-refractivity contribution in [2.24, 2.45) is 39.8 Å². The molecule has 2 bridgehead atoms. The van der Waals surface area contributed by atoms with Gasteiger partial charge in [0.05, 0.1) is 17.6 Å². The highest BCUT2D eigenvalue weighted by atomic mass is 16.7. The summed E-state index contributed by atoms with van der Waals surface area (Å²) in [5, 5.41) is 13.0. The standard InChI is InChI=1S/C32H56BN5O6/c1-7-8-9-10-11-12-13-16-25(39)19-23(15-14-17-35-30(34)37-38(41)42)29(40)36-28(18-22(2)3)33-43-27-21-24-20-26(31(24,4)5)32(27,6)44-33/h12-13,22-24,26-28H,7-11,14-21H2,1-6H3,(H,36,40)(H3,34,35,37)/b13-12+/t23-,24-,26-,27-,28+,32+/m1/s1. The molecule has 1 heterocycles. The molecule has 4 N–H and O–H groups in total. The number of nitrogens with zero attached hydrogens (tertiary/aromatic N) is 2. The van der Waals surface area contributed by atoms with Gasteiger partial charge in [-0.1, -0.05) is 71.5 Å². The molecule has 3 saturated carbocycles. The van der Waals surface area contributed by atoms with E-state index < -0.39 is 18.1 Å². The van der Waals surface area contributed by atoms with E-state index in [1.165, 1.54) is 19.3 Å². The predicted octanol–water partition coefficient (Wildman–Crippen LogP) is 5.15. The Labute approximate surface area is 264 Å². The minimum atomic E-state index is -0.770. The van der Waals surface area contributed by atoms with E-state index in [4.69, 9.17) is 15.0 Å². The molecule has 11 nitrogen and oxygen atoms in total. The molecular weight excluding hydrogens is 561 g/mol. The minimum Gasteiger partial charge on any atom is -0.404 e. The number of hydrogen-bond acceptors (Lipinski definition) is 7. The van der Waals surface area contributed by atoms with Crippen LogP contribution in [0.5, 0.6) is 0 Å². The zero-order valence-electron chi connectivity index (χ0n) is 27.8. The lowest BCUT2D eigenvalue weighted by Gasteiger charge is -2.64. The topological polar surface area (TPSA) is 158 Å². The first kappa shape index (κ1) is 36.0. The van der Waals surface area contributed by atoms with Crippen molar-refractivity contribution in [1.82, 2.24) is 10.7 Å². The third kappa shape index (κ3) is 9.52. The Hall–Kier alpha value is -2.47. The highest BCUT2D eigenvalue weighted by Crippen LogP contribution is 2.65. The van der Waals surface area contributed by atoms with Gasteiger partial charge in [-0.05, 0) is 75.0 Å². The first-order chi connectivity index (χ1) is 20.8. The summed E-state index contributed by atoms with van der Waals surface area (Å²) in [6, 6.07) is 0. The van der Waals surface area contributed by atoms with Gasteiger partial charge in [-0.2, -0.15) is 0 Å². The number of rotatable bonds is 19. The van der Waals surface area contributed by atoms with Gasteiger partial charge in [0, 0.05) is 25.3 Å². The van der Waals surface area contributed by atoms with E-state index in [9.17, 15) is 19.7 Å². The number of carbonyl (C=O) groups excluding carboxylic acids is 2. The first-order valence-corrected chi connectivity index (χ1v) is 16.8. The van der Waals surface area contributed by atoms with Crippen molar-refractivity contribution >= 4 is 24.8 Å². The molecule has 0 aromatic heterocycles. The molecule has 1 amide bonds. The Morgan fingerprint density at radius 1 is 1.16 bits per heavy atom. The van der Waals surface area contributed by atoms with Crippen LogP contribution in [0.3, 0.4) is 0 Å². The van der Waals surface area contributed by atoms with Crippen molar-refractivity contribution in [3.8, 4) is 0 Å². The first-order valence-electron chi connectivity index (χ1n) is 16.8. The summed E-state index contributed by atoms with van der Waals surface area (Å²) < 4.78 is 13.3. The number of ketones is 1. The van der Waals surface area contributed by atoms with E-state index in [2.05, 4.69) is 57.9 Å². The number of nitro groups is 1. The van der Waals surface area contributed by atoms with Gasteiger partial charge >= 0.3 is 7.12 Å². The van der Waals surface area contributed by atoms with Gasteiger partial charge in [0.2, 0.25) is 5.91 Å². The number of nitrogens with one attached hydrogen (secondary N) is 2. The van der Waals surface area contributed by atoms with Gasteiger partial charge in [-0.15, -0.1) is 0 Å². The third-order valence-corrected chi connectivity index (χ3v) is 10.1. The quantitative estimate of drug-likeness (QED) is 0.0341. The van der Waals surface area contributed by atoms with Crippen LogP contribution in [0.2, 0.25) is 0 Å². The van der Waals surface area contributed by atoms with Crippen LogP contribution >= 0.6 is 0 Å². The Morgan fingerprint density at radius 2 is 1.91 bits per heavy atom. The summed E-state index contributed by atoms with van der Waals surface area (Å²) in [6.45, 7) is 13.4. The second-order valence-corrected chi connectivity index (χ2v) is 14.3. The van der Waals surface area contributed by atoms with Crippen molar-refractivity contribution < 1.29 is 23.9 Å². The number of carbonyl (C=O) groups is 2. The molecule has 0 spiro atoms. The number of hydrazine groups is 1. The number of aliphatic imine (C=N–C) groups is 1. The lowest BCUT2D eigenvalue weighted by Crippen LogP contribution is -2.65. The monoisotopic (exact) mass is 617 g/mol. The summed E-state index contributed by atoms with van der Waals surface area (Å²) in [5.41, 5.74) is 7.20. The number of Topliss-reactive ketones (excluding diaryl/α,β-unsaturated/α-hetero) is 1. The molecule has 0 aromatic rings. The van der Waals surface area contributed by atoms with Gasteiger partial charge in [0.1, 0.15) is 5.78 Å². The van der Waals surface area contributed by atoms with Crippen molar-refractivity contribution in [2.75, 3.05) is 6.54 Å². The van der Waals surface area contributed by atoms with Crippen molar-refractivity contribution in [2.45, 2.75) is 136 Å². The van der Waals surface area contributed by atoms with Crippen molar-refractivity contribution in [3.05, 3.63) is 22.3 Å². The summed E-state index contributed by atoms with van der Waals surface area (Å²) >= 11 is 0. The van der Waals surface area contributed by atoms with Gasteiger partial charge in [0.15, 0.2) is 5.03 Å². The fraction of sp³-hybridized carbons (Fsp3) is 0.844. The zero-order valence-corrected chi connectivity index (χ0v) is 27.8. The molecule has 0 radical (unpaired) electrons. The van der Waals surface area contributed by atoms with Crippen LogP contribution < -0.4 is 16.5 Å². The number of hydrogen-bond donors (Lipinski definition) is 3. The lowest BCUT2D eigenvalue weighted by atomic mass is 9.43. The summed E-state index contributed by atoms with van der Waals surface area (Å²) in [5.74, 6) is -0.0651. The minimum absolute atomic E-state index is 0.00213. The number of amides is 1. The summed E-state index contributed by atoms with van der Waals surface area (Å²) in [4.78, 5) is 41.3. The maximum atomic E-state index is 13.8. The van der Waals surface area contributed by atoms with Crippen LogP contribution in [0.25, 0.3) is 0 Å². The largest absolute Gasteiger partial charge is 0.481 e. The number of nitrogens with two attached hydrogens (primary N) is 1. The molecule has 1 aliphatic heterocycles. The number of unbranched alkanes of at least 4 members (excludes halogenated alkanes) is 4. The molecule has 44 heavy (non-hydrogen) atoms. The molecule has 4 fully saturated rings. The lowest BCUT2D eigenvalue weighted by molar-refractivity contribution is -0.525. The molecule has 3 aliphatic carbocycles. The van der Waals surface area contributed by atoms with E-state index >= 15 is 0 Å². The second kappa shape index (κ2) is 16.2. The molecule has 0 aromatic carbocycles. The van der Waals surface area contributed by atoms with Crippen LogP contribution in [-0.4, -0.2) is 54.0 Å². The maximum absolute atomic E-state index is 13.8. The van der Waals surface area contributed by atoms with Gasteiger partial charge in [-0.3, -0.25) is 9.59 Å². The van der Waals surface area contributed by atoms with Crippen LogP contribution in [-0.2, 0) is 18.9 Å². The predicted molar refractivity (Wildman–Crippen MR) is 173 cm³/mol. The van der Waals surface area contributed by atoms with E-state index in [1.54, 1.807) is 0 Å². The Morgan fingerprint density at radius 3 is 2.57 bits per heavy atom. The average molecular weight is 618 g/mol. The molecule has 1 saturated heterocycles. The van der Waals surface area contributed by atoms with Gasteiger partial charge in [-0.25, -0.2) is 15.1 Å². The average Bonchev–Trinajstić information content (AvgIpc) is 3.30. The fourth-order valence-electron chi connectivity index (χ4n) is 7.49. The molecular formula is C32H56BN5O6. The number of allylic oxidation sites excluding steroid dienone is 2. The Kier molecular flexibility index (Phi) is 13.3. The zero-order chi connectivity index (χ0) is 32.5. The van der Waals surface area contributed by atoms with Crippen molar-refractivity contribution in [1.29, 1.82) is 0 Å². The normalized spacial score (nSPS) is 27.1. The highest BCUT2D eigenvalue weighted by molar-refractivity contribution is 6.47. The Balaban J connectivity index is 1.65. The van der Waals surface area contributed by atoms with Gasteiger partial charge < -0.3 is 20.4 Å². The third-order valence-electron chi connectivity index (χ3n) is 10.1. The van der Waals surface area contributed by atoms with Crippen molar-refractivity contribution in [3.63, 3.8) is 0 Å². The van der Waals surface area contributed by atoms with Crippen LogP contribution in [0.4, 0.5) is 0 Å². The van der Waals surface area contributed by atoms with E-state index in [-0.39, 0.29) is 60.1 Å². The summed E-state index contributed by atoms with van der Waals surface area (Å²) in [7, 11) is -0.545. The van der Waals surface area contributed by atoms with Crippen LogP contribution in [0, 0.1) is 39.2 Å². The smallest absolute Gasteiger partial charge is 0.404 e. The maximum Gasteiger partial charge on any atom is 0.481 e. The SMILES string of the molecule is CCCCCC/C=C/CC(=O)C[C@@H](CCCN=C(N)N[N+](=O)[O-])C(=O)N[C@@H](CC(C)C)B1O[C@@H]2C[C@H]3C[C@H](C3(C)C)[C@]2(C)O1. The summed E-state index contributed by atoms with van der Waals surface area (Å²) in [6.07, 6.45) is 13.7.